The third kappa shape index (κ3) is 2.04. The number of hydrazone groups is 1. The lowest BCUT2D eigenvalue weighted by molar-refractivity contribution is -0.118. The van der Waals surface area contributed by atoms with Crippen LogP contribution < -0.4 is 5.43 Å². The van der Waals surface area contributed by atoms with E-state index >= 15 is 0 Å². The fourth-order valence-electron chi connectivity index (χ4n) is 1.39. The third-order valence-electron chi connectivity index (χ3n) is 2.05. The van der Waals surface area contributed by atoms with Crippen LogP contribution in [0.4, 0.5) is 0 Å². The number of H-pyrrole nitrogens is 1. The molecule has 0 aliphatic heterocycles. The average molecular weight is 201 g/mol. The van der Waals surface area contributed by atoms with E-state index in [4.69, 9.17) is 0 Å². The first-order chi connectivity index (χ1) is 7.27. The number of hydrogen-bond acceptors (Lipinski definition) is 2. The molecular weight excluding hydrogens is 190 g/mol. The molecule has 0 bridgehead atoms. The molecule has 0 radical (unpaired) electrons. The van der Waals surface area contributed by atoms with E-state index in [0.717, 1.165) is 16.5 Å². The van der Waals surface area contributed by atoms with Crippen molar-refractivity contribution in [3.05, 3.63) is 36.0 Å². The molecule has 0 atom stereocenters. The number of nitrogens with one attached hydrogen (secondary N) is 2. The number of carbonyl (C=O) groups is 1. The number of aromatic nitrogens is 1. The molecule has 1 aromatic heterocycles. The van der Waals surface area contributed by atoms with Crippen LogP contribution in [0.3, 0.4) is 0 Å². The summed E-state index contributed by atoms with van der Waals surface area (Å²) in [6.07, 6.45) is 3.48. The first-order valence-electron chi connectivity index (χ1n) is 4.63. The van der Waals surface area contributed by atoms with Crippen LogP contribution in [0, 0.1) is 0 Å². The van der Waals surface area contributed by atoms with Gasteiger partial charge in [0.1, 0.15) is 0 Å². The van der Waals surface area contributed by atoms with Gasteiger partial charge in [-0.1, -0.05) is 18.2 Å². The summed E-state index contributed by atoms with van der Waals surface area (Å²) in [7, 11) is 0. The highest BCUT2D eigenvalue weighted by Gasteiger charge is 1.98. The fourth-order valence-corrected chi connectivity index (χ4v) is 1.39. The van der Waals surface area contributed by atoms with Crippen molar-refractivity contribution in [3.63, 3.8) is 0 Å². The number of carbonyl (C=O) groups excluding carboxylic acids is 1. The van der Waals surface area contributed by atoms with Crippen molar-refractivity contribution in [3.8, 4) is 0 Å². The van der Waals surface area contributed by atoms with Crippen LogP contribution in [0.1, 0.15) is 12.5 Å². The van der Waals surface area contributed by atoms with Gasteiger partial charge in [0, 0.05) is 29.6 Å². The minimum Gasteiger partial charge on any atom is -0.361 e. The van der Waals surface area contributed by atoms with Crippen molar-refractivity contribution in [1.82, 2.24) is 10.4 Å². The summed E-state index contributed by atoms with van der Waals surface area (Å²) in [6, 6.07) is 7.92. The van der Waals surface area contributed by atoms with Gasteiger partial charge in [-0.15, -0.1) is 0 Å². The number of amides is 1. The second-order valence-electron chi connectivity index (χ2n) is 3.22. The van der Waals surface area contributed by atoms with Crippen LogP contribution in [0.15, 0.2) is 35.6 Å². The quantitative estimate of drug-likeness (QED) is 0.563. The Morgan fingerprint density at radius 2 is 2.27 bits per heavy atom. The van der Waals surface area contributed by atoms with Crippen molar-refractivity contribution >= 4 is 23.0 Å². The van der Waals surface area contributed by atoms with E-state index in [1.54, 1.807) is 6.21 Å². The Morgan fingerprint density at radius 3 is 3.07 bits per heavy atom. The molecular formula is C11H11N3O. The van der Waals surface area contributed by atoms with Crippen LogP contribution in [-0.2, 0) is 4.79 Å². The molecule has 0 spiro atoms. The number of benzene rings is 1. The predicted molar refractivity (Wildman–Crippen MR) is 59.7 cm³/mol. The molecule has 2 N–H and O–H groups in total. The van der Waals surface area contributed by atoms with Crippen LogP contribution >= 0.6 is 0 Å². The molecule has 76 valence electrons. The summed E-state index contributed by atoms with van der Waals surface area (Å²) in [5.41, 5.74) is 4.38. The third-order valence-corrected chi connectivity index (χ3v) is 2.05. The Bertz CT molecular complexity index is 513. The van der Waals surface area contributed by atoms with Crippen LogP contribution in [0.2, 0.25) is 0 Å². The van der Waals surface area contributed by atoms with Crippen LogP contribution in [-0.4, -0.2) is 17.1 Å². The standard InChI is InChI=1S/C11H11N3O/c1-8(15)14-13-7-9-6-12-11-5-3-2-4-10(9)11/h2-7,12H,1H3,(H,14,15)/b13-7+. The number of hydrogen-bond donors (Lipinski definition) is 2. The molecule has 0 aliphatic rings. The minimum absolute atomic E-state index is 0.175. The van der Waals surface area contributed by atoms with Gasteiger partial charge in [0.05, 0.1) is 6.21 Å². The van der Waals surface area contributed by atoms with Gasteiger partial charge in [0.2, 0.25) is 5.91 Å². The molecule has 15 heavy (non-hydrogen) atoms. The smallest absolute Gasteiger partial charge is 0.236 e. The summed E-state index contributed by atoms with van der Waals surface area (Å²) in [4.78, 5) is 13.7. The van der Waals surface area contributed by atoms with E-state index in [1.807, 2.05) is 30.5 Å². The van der Waals surface area contributed by atoms with Gasteiger partial charge < -0.3 is 4.98 Å². The topological polar surface area (TPSA) is 57.2 Å². The lowest BCUT2D eigenvalue weighted by Gasteiger charge is -1.91. The highest BCUT2D eigenvalue weighted by molar-refractivity contribution is 5.99. The second kappa shape index (κ2) is 3.96. The first kappa shape index (κ1) is 9.45. The maximum absolute atomic E-state index is 10.6. The summed E-state index contributed by atoms with van der Waals surface area (Å²) < 4.78 is 0. The Labute approximate surface area is 87.0 Å². The molecule has 1 aromatic carbocycles. The van der Waals surface area contributed by atoms with Crippen molar-refractivity contribution in [2.45, 2.75) is 6.92 Å². The lowest BCUT2D eigenvalue weighted by atomic mass is 10.2. The number of aromatic amines is 1. The van der Waals surface area contributed by atoms with E-state index in [-0.39, 0.29) is 5.91 Å². The van der Waals surface area contributed by atoms with Gasteiger partial charge in [0.25, 0.3) is 0 Å². The molecule has 0 aliphatic carbocycles. The van der Waals surface area contributed by atoms with E-state index in [9.17, 15) is 4.79 Å². The Kier molecular flexibility index (Phi) is 2.49. The molecule has 2 aromatic rings. The van der Waals surface area contributed by atoms with Gasteiger partial charge in [-0.25, -0.2) is 5.43 Å². The van der Waals surface area contributed by atoms with Gasteiger partial charge in [-0.3, -0.25) is 4.79 Å². The van der Waals surface area contributed by atoms with Crippen molar-refractivity contribution in [2.24, 2.45) is 5.10 Å². The summed E-state index contributed by atoms with van der Waals surface area (Å²) in [5.74, 6) is -0.175. The average Bonchev–Trinajstić information content (AvgIpc) is 2.62. The van der Waals surface area contributed by atoms with Gasteiger partial charge in [-0.05, 0) is 6.07 Å². The molecule has 4 nitrogen and oxygen atoms in total. The summed E-state index contributed by atoms with van der Waals surface area (Å²) in [5, 5.41) is 4.91. The SMILES string of the molecule is CC(=O)N/N=C/c1c[nH]c2ccccc12. The zero-order valence-electron chi connectivity index (χ0n) is 8.32. The van der Waals surface area contributed by atoms with Crippen molar-refractivity contribution < 1.29 is 4.79 Å². The normalized spacial score (nSPS) is 11.0. The molecule has 0 unspecified atom stereocenters. The van der Waals surface area contributed by atoms with Gasteiger partial charge >= 0.3 is 0 Å². The molecule has 0 saturated carbocycles. The van der Waals surface area contributed by atoms with E-state index in [1.165, 1.54) is 6.92 Å². The zero-order valence-corrected chi connectivity index (χ0v) is 8.32. The zero-order chi connectivity index (χ0) is 10.7. The summed E-state index contributed by atoms with van der Waals surface area (Å²) in [6.45, 7) is 1.42. The Morgan fingerprint density at radius 1 is 1.47 bits per heavy atom. The molecule has 4 heteroatoms. The molecule has 2 rings (SSSR count). The van der Waals surface area contributed by atoms with E-state index in [0.29, 0.717) is 0 Å². The van der Waals surface area contributed by atoms with Crippen molar-refractivity contribution in [2.75, 3.05) is 0 Å². The number of nitrogens with zero attached hydrogens (tertiary/aromatic N) is 1. The maximum Gasteiger partial charge on any atom is 0.236 e. The van der Waals surface area contributed by atoms with Crippen molar-refractivity contribution in [1.29, 1.82) is 0 Å². The number of fused-ring (bicyclic) bond motifs is 1. The first-order valence-corrected chi connectivity index (χ1v) is 4.63. The number of rotatable bonds is 2. The van der Waals surface area contributed by atoms with Crippen LogP contribution in [0.5, 0.6) is 0 Å². The van der Waals surface area contributed by atoms with Gasteiger partial charge in [0.15, 0.2) is 0 Å². The fraction of sp³-hybridized carbons (Fsp3) is 0.0909. The Hall–Kier alpha value is -2.10. The second-order valence-corrected chi connectivity index (χ2v) is 3.22. The molecule has 0 saturated heterocycles. The monoisotopic (exact) mass is 201 g/mol. The molecule has 0 fully saturated rings. The highest BCUT2D eigenvalue weighted by atomic mass is 16.2. The minimum atomic E-state index is -0.175. The number of para-hydroxylation sites is 1. The largest absolute Gasteiger partial charge is 0.361 e. The molecule has 1 heterocycles. The highest BCUT2D eigenvalue weighted by Crippen LogP contribution is 2.15. The van der Waals surface area contributed by atoms with Crippen LogP contribution in [0.25, 0.3) is 10.9 Å². The molecule has 1 amide bonds. The Balaban J connectivity index is 2.28. The maximum atomic E-state index is 10.6. The van der Waals surface area contributed by atoms with E-state index in [2.05, 4.69) is 15.5 Å². The lowest BCUT2D eigenvalue weighted by Crippen LogP contribution is -2.12. The summed E-state index contributed by atoms with van der Waals surface area (Å²) >= 11 is 0. The van der Waals surface area contributed by atoms with Gasteiger partial charge in [-0.2, -0.15) is 5.10 Å². The van der Waals surface area contributed by atoms with E-state index < -0.39 is 0 Å². The predicted octanol–water partition coefficient (Wildman–Crippen LogP) is 1.64.